The lowest BCUT2D eigenvalue weighted by atomic mass is 10.1. The number of aromatic nitrogens is 2. The van der Waals surface area contributed by atoms with E-state index in [1.165, 1.54) is 5.56 Å². The Balaban J connectivity index is 1.78. The van der Waals surface area contributed by atoms with Crippen LogP contribution in [0.2, 0.25) is 0 Å². The summed E-state index contributed by atoms with van der Waals surface area (Å²) in [7, 11) is 0. The Morgan fingerprint density at radius 3 is 2.63 bits per heavy atom. The highest BCUT2D eigenvalue weighted by atomic mass is 16.1. The maximum Gasteiger partial charge on any atom is 0.222 e. The van der Waals surface area contributed by atoms with Crippen LogP contribution in [0.5, 0.6) is 0 Å². The van der Waals surface area contributed by atoms with Gasteiger partial charge < -0.3 is 16.0 Å². The fourth-order valence-corrected chi connectivity index (χ4v) is 2.57. The Kier molecular flexibility index (Phi) is 8.35. The average Bonchev–Trinajstić information content (AvgIpc) is 3.16. The van der Waals surface area contributed by atoms with E-state index in [4.69, 9.17) is 0 Å². The first kappa shape index (κ1) is 20.5. The number of carbonyl (C=O) groups is 1. The molecule has 3 N–H and O–H groups in total. The van der Waals surface area contributed by atoms with Crippen LogP contribution in [0.25, 0.3) is 5.69 Å². The summed E-state index contributed by atoms with van der Waals surface area (Å²) in [4.78, 5) is 16.1. The lowest BCUT2D eigenvalue weighted by Gasteiger charge is -2.12. The highest BCUT2D eigenvalue weighted by Gasteiger charge is 2.03. The molecule has 7 heteroatoms. The van der Waals surface area contributed by atoms with Gasteiger partial charge in [0.1, 0.15) is 0 Å². The highest BCUT2D eigenvalue weighted by molar-refractivity contribution is 5.80. The molecule has 1 heterocycles. The zero-order valence-electron chi connectivity index (χ0n) is 16.4. The van der Waals surface area contributed by atoms with Crippen LogP contribution in [-0.2, 0) is 11.2 Å². The minimum absolute atomic E-state index is 0.0295. The molecule has 0 bridgehead atoms. The molecule has 7 nitrogen and oxygen atoms in total. The molecule has 1 aromatic carbocycles. The zero-order valence-corrected chi connectivity index (χ0v) is 16.4. The number of amides is 1. The SMILES string of the molecule is CCNC(=NCCC(=O)NC(C)C)NCCc1ccc(-n2cccn2)cc1. The number of hydrogen-bond donors (Lipinski definition) is 3. The molecule has 0 radical (unpaired) electrons. The van der Waals surface area contributed by atoms with Crippen molar-refractivity contribution in [3.63, 3.8) is 0 Å². The van der Waals surface area contributed by atoms with Crippen LogP contribution in [0.4, 0.5) is 0 Å². The number of aliphatic imine (C=N–C) groups is 1. The summed E-state index contributed by atoms with van der Waals surface area (Å²) < 4.78 is 1.84. The number of guanidine groups is 1. The number of hydrogen-bond acceptors (Lipinski definition) is 3. The van der Waals surface area contributed by atoms with E-state index in [0.717, 1.165) is 31.2 Å². The molecule has 0 aliphatic heterocycles. The molecule has 27 heavy (non-hydrogen) atoms. The maximum atomic E-state index is 11.7. The van der Waals surface area contributed by atoms with Gasteiger partial charge in [0, 0.05) is 37.9 Å². The van der Waals surface area contributed by atoms with Crippen LogP contribution >= 0.6 is 0 Å². The van der Waals surface area contributed by atoms with Gasteiger partial charge in [-0.3, -0.25) is 9.79 Å². The lowest BCUT2D eigenvalue weighted by molar-refractivity contribution is -0.121. The lowest BCUT2D eigenvalue weighted by Crippen LogP contribution is -2.38. The molecule has 1 aromatic heterocycles. The molecule has 2 aromatic rings. The van der Waals surface area contributed by atoms with E-state index in [1.807, 2.05) is 37.7 Å². The maximum absolute atomic E-state index is 11.7. The van der Waals surface area contributed by atoms with Crippen molar-refractivity contribution in [2.45, 2.75) is 39.7 Å². The molecule has 0 saturated heterocycles. The largest absolute Gasteiger partial charge is 0.357 e. The second-order valence-corrected chi connectivity index (χ2v) is 6.53. The average molecular weight is 371 g/mol. The van der Waals surface area contributed by atoms with Gasteiger partial charge in [-0.25, -0.2) is 4.68 Å². The Bertz CT molecular complexity index is 707. The monoisotopic (exact) mass is 370 g/mol. The predicted molar refractivity (Wildman–Crippen MR) is 109 cm³/mol. The molecule has 2 rings (SSSR count). The highest BCUT2D eigenvalue weighted by Crippen LogP contribution is 2.08. The molecule has 0 unspecified atom stereocenters. The van der Waals surface area contributed by atoms with Gasteiger partial charge in [-0.2, -0.15) is 5.10 Å². The van der Waals surface area contributed by atoms with E-state index in [9.17, 15) is 4.79 Å². The number of nitrogens with one attached hydrogen (secondary N) is 3. The summed E-state index contributed by atoms with van der Waals surface area (Å²) in [6.45, 7) is 7.94. The first-order valence-corrected chi connectivity index (χ1v) is 9.49. The van der Waals surface area contributed by atoms with Crippen LogP contribution in [0.1, 0.15) is 32.8 Å². The first-order chi connectivity index (χ1) is 13.1. The molecule has 0 spiro atoms. The summed E-state index contributed by atoms with van der Waals surface area (Å²) >= 11 is 0. The molecule has 0 aliphatic rings. The topological polar surface area (TPSA) is 83.3 Å². The Morgan fingerprint density at radius 1 is 1.22 bits per heavy atom. The second kappa shape index (κ2) is 11.0. The van der Waals surface area contributed by atoms with Crippen molar-refractivity contribution in [2.24, 2.45) is 4.99 Å². The van der Waals surface area contributed by atoms with E-state index in [2.05, 4.69) is 50.3 Å². The smallest absolute Gasteiger partial charge is 0.222 e. The van der Waals surface area contributed by atoms with Crippen molar-refractivity contribution in [1.29, 1.82) is 0 Å². The minimum Gasteiger partial charge on any atom is -0.357 e. The van der Waals surface area contributed by atoms with Crippen LogP contribution in [-0.4, -0.2) is 47.3 Å². The van der Waals surface area contributed by atoms with Gasteiger partial charge in [-0.05, 0) is 51.0 Å². The Labute approximate surface area is 161 Å². The van der Waals surface area contributed by atoms with Crippen molar-refractivity contribution in [2.75, 3.05) is 19.6 Å². The van der Waals surface area contributed by atoms with Crippen LogP contribution < -0.4 is 16.0 Å². The van der Waals surface area contributed by atoms with E-state index >= 15 is 0 Å². The first-order valence-electron chi connectivity index (χ1n) is 9.49. The van der Waals surface area contributed by atoms with Gasteiger partial charge in [0.15, 0.2) is 5.96 Å². The third-order valence-electron chi connectivity index (χ3n) is 3.81. The molecule has 1 amide bonds. The van der Waals surface area contributed by atoms with Crippen LogP contribution in [0.15, 0.2) is 47.7 Å². The van der Waals surface area contributed by atoms with Crippen molar-refractivity contribution < 1.29 is 4.79 Å². The van der Waals surface area contributed by atoms with Gasteiger partial charge >= 0.3 is 0 Å². The standard InChI is InChI=1S/C20H30N6O/c1-4-21-20(23-14-11-19(27)25-16(2)3)22-13-10-17-6-8-18(9-7-17)26-15-5-12-24-26/h5-9,12,15-16H,4,10-11,13-14H2,1-3H3,(H,25,27)(H2,21,22,23). The number of nitrogens with zero attached hydrogens (tertiary/aromatic N) is 3. The fraction of sp³-hybridized carbons (Fsp3) is 0.450. The summed E-state index contributed by atoms with van der Waals surface area (Å²) in [6.07, 6.45) is 4.98. The molecule has 0 atom stereocenters. The van der Waals surface area contributed by atoms with Crippen molar-refractivity contribution >= 4 is 11.9 Å². The van der Waals surface area contributed by atoms with Crippen molar-refractivity contribution in [3.8, 4) is 5.69 Å². The molecule has 0 fully saturated rings. The minimum atomic E-state index is 0.0295. The number of benzene rings is 1. The molecular formula is C20H30N6O. The molecule has 146 valence electrons. The van der Waals surface area contributed by atoms with E-state index in [0.29, 0.717) is 13.0 Å². The van der Waals surface area contributed by atoms with Crippen molar-refractivity contribution in [3.05, 3.63) is 48.3 Å². The Morgan fingerprint density at radius 2 is 2.00 bits per heavy atom. The van der Waals surface area contributed by atoms with Gasteiger partial charge in [0.2, 0.25) is 5.91 Å². The molecule has 0 aliphatic carbocycles. The summed E-state index contributed by atoms with van der Waals surface area (Å²) in [5.41, 5.74) is 2.29. The number of carbonyl (C=O) groups excluding carboxylic acids is 1. The summed E-state index contributed by atoms with van der Waals surface area (Å²) in [5.74, 6) is 0.768. The third kappa shape index (κ3) is 7.52. The van der Waals surface area contributed by atoms with E-state index in [1.54, 1.807) is 6.20 Å². The zero-order chi connectivity index (χ0) is 19.5. The van der Waals surface area contributed by atoms with Gasteiger partial charge in [0.25, 0.3) is 0 Å². The van der Waals surface area contributed by atoms with Crippen LogP contribution in [0, 0.1) is 0 Å². The van der Waals surface area contributed by atoms with E-state index in [-0.39, 0.29) is 11.9 Å². The van der Waals surface area contributed by atoms with Crippen molar-refractivity contribution in [1.82, 2.24) is 25.7 Å². The quantitative estimate of drug-likeness (QED) is 0.465. The van der Waals surface area contributed by atoms with Crippen LogP contribution in [0.3, 0.4) is 0 Å². The van der Waals surface area contributed by atoms with E-state index < -0.39 is 0 Å². The number of rotatable bonds is 9. The summed E-state index contributed by atoms with van der Waals surface area (Å²) in [6, 6.07) is 10.4. The van der Waals surface area contributed by atoms with Gasteiger partial charge in [-0.1, -0.05) is 12.1 Å². The van der Waals surface area contributed by atoms with Gasteiger partial charge in [0.05, 0.1) is 12.2 Å². The molecular weight excluding hydrogens is 340 g/mol. The second-order valence-electron chi connectivity index (χ2n) is 6.53. The normalized spacial score (nSPS) is 11.5. The predicted octanol–water partition coefficient (Wildman–Crippen LogP) is 1.88. The van der Waals surface area contributed by atoms with Gasteiger partial charge in [-0.15, -0.1) is 0 Å². The fourth-order valence-electron chi connectivity index (χ4n) is 2.57. The summed E-state index contributed by atoms with van der Waals surface area (Å²) in [5, 5.41) is 13.6. The molecule has 0 saturated carbocycles. The Hall–Kier alpha value is -2.83. The third-order valence-corrected chi connectivity index (χ3v) is 3.81.